The lowest BCUT2D eigenvalue weighted by molar-refractivity contribution is -0.123. The van der Waals surface area contributed by atoms with E-state index in [0.29, 0.717) is 0 Å². The van der Waals surface area contributed by atoms with Crippen molar-refractivity contribution in [3.8, 4) is 5.75 Å². The molecule has 0 aliphatic rings. The summed E-state index contributed by atoms with van der Waals surface area (Å²) in [7, 11) is 0. The van der Waals surface area contributed by atoms with Gasteiger partial charge in [0, 0.05) is 4.88 Å². The molecule has 0 aliphatic heterocycles. The van der Waals surface area contributed by atoms with Gasteiger partial charge in [-0.15, -0.1) is 11.3 Å². The number of benzene rings is 1. The number of thiophene rings is 1. The van der Waals surface area contributed by atoms with Gasteiger partial charge in [-0.25, -0.2) is 0 Å². The molecule has 0 aliphatic carbocycles. The molecular formula is C16H19NO2S. The van der Waals surface area contributed by atoms with Gasteiger partial charge in [0.05, 0.1) is 6.04 Å². The Morgan fingerprint density at radius 3 is 2.85 bits per heavy atom. The highest BCUT2D eigenvalue weighted by molar-refractivity contribution is 7.10. The number of hydrogen-bond donors (Lipinski definition) is 1. The molecule has 0 unspecified atom stereocenters. The summed E-state index contributed by atoms with van der Waals surface area (Å²) in [6, 6.07) is 9.99. The van der Waals surface area contributed by atoms with E-state index in [2.05, 4.69) is 5.32 Å². The van der Waals surface area contributed by atoms with E-state index in [4.69, 9.17) is 4.74 Å². The quantitative estimate of drug-likeness (QED) is 0.913. The van der Waals surface area contributed by atoms with E-state index in [-0.39, 0.29) is 18.6 Å². The van der Waals surface area contributed by atoms with Crippen LogP contribution in [0.2, 0.25) is 0 Å². The number of rotatable bonds is 5. The van der Waals surface area contributed by atoms with Crippen LogP contribution in [0.1, 0.15) is 29.0 Å². The molecule has 1 amide bonds. The van der Waals surface area contributed by atoms with Gasteiger partial charge in [-0.1, -0.05) is 18.2 Å². The second kappa shape index (κ2) is 6.57. The topological polar surface area (TPSA) is 38.3 Å². The van der Waals surface area contributed by atoms with Crippen LogP contribution in [-0.2, 0) is 4.79 Å². The molecule has 1 atom stereocenters. The van der Waals surface area contributed by atoms with E-state index in [0.717, 1.165) is 21.8 Å². The maximum absolute atomic E-state index is 11.9. The molecule has 0 spiro atoms. The van der Waals surface area contributed by atoms with Crippen molar-refractivity contribution < 1.29 is 9.53 Å². The highest BCUT2D eigenvalue weighted by Crippen LogP contribution is 2.20. The molecule has 4 heteroatoms. The van der Waals surface area contributed by atoms with E-state index in [9.17, 15) is 4.79 Å². The molecule has 1 N–H and O–H groups in total. The Morgan fingerprint density at radius 1 is 1.35 bits per heavy atom. The largest absolute Gasteiger partial charge is 0.483 e. The van der Waals surface area contributed by atoms with Gasteiger partial charge in [0.2, 0.25) is 0 Å². The van der Waals surface area contributed by atoms with E-state index in [1.807, 2.05) is 56.5 Å². The Kier molecular flexibility index (Phi) is 4.79. The van der Waals surface area contributed by atoms with Crippen molar-refractivity contribution in [3.05, 3.63) is 51.7 Å². The Balaban J connectivity index is 1.87. The first-order chi connectivity index (χ1) is 9.56. The van der Waals surface area contributed by atoms with Crippen LogP contribution in [0.4, 0.5) is 0 Å². The van der Waals surface area contributed by atoms with Crippen molar-refractivity contribution >= 4 is 17.2 Å². The van der Waals surface area contributed by atoms with Crippen LogP contribution >= 0.6 is 11.3 Å². The Hall–Kier alpha value is -1.81. The van der Waals surface area contributed by atoms with Crippen molar-refractivity contribution in [1.82, 2.24) is 5.32 Å². The smallest absolute Gasteiger partial charge is 0.258 e. The van der Waals surface area contributed by atoms with Crippen molar-refractivity contribution in [1.29, 1.82) is 0 Å². The maximum Gasteiger partial charge on any atom is 0.258 e. The number of amides is 1. The van der Waals surface area contributed by atoms with Crippen LogP contribution < -0.4 is 10.1 Å². The highest BCUT2D eigenvalue weighted by atomic mass is 32.1. The second-order valence-electron chi connectivity index (χ2n) is 4.86. The van der Waals surface area contributed by atoms with Gasteiger partial charge in [-0.05, 0) is 49.4 Å². The minimum Gasteiger partial charge on any atom is -0.483 e. The average molecular weight is 289 g/mol. The fourth-order valence-electron chi connectivity index (χ4n) is 1.90. The van der Waals surface area contributed by atoms with Gasteiger partial charge >= 0.3 is 0 Å². The van der Waals surface area contributed by atoms with Gasteiger partial charge in [0.1, 0.15) is 5.75 Å². The number of hydrogen-bond acceptors (Lipinski definition) is 3. The molecule has 0 saturated heterocycles. The average Bonchev–Trinajstić information content (AvgIpc) is 2.94. The lowest BCUT2D eigenvalue weighted by Gasteiger charge is -2.14. The molecule has 1 aromatic carbocycles. The third kappa shape index (κ3) is 3.84. The molecule has 106 valence electrons. The summed E-state index contributed by atoms with van der Waals surface area (Å²) >= 11 is 1.64. The molecule has 2 aromatic rings. The Labute approximate surface area is 123 Å². The summed E-state index contributed by atoms with van der Waals surface area (Å²) in [5, 5.41) is 4.94. The van der Waals surface area contributed by atoms with E-state index >= 15 is 0 Å². The van der Waals surface area contributed by atoms with Crippen molar-refractivity contribution in [3.63, 3.8) is 0 Å². The summed E-state index contributed by atoms with van der Waals surface area (Å²) in [4.78, 5) is 13.0. The molecule has 2 rings (SSSR count). The van der Waals surface area contributed by atoms with Crippen molar-refractivity contribution in [2.45, 2.75) is 26.8 Å². The van der Waals surface area contributed by atoms with E-state index in [1.165, 1.54) is 0 Å². The van der Waals surface area contributed by atoms with Crippen LogP contribution in [0.25, 0.3) is 0 Å². The number of nitrogens with one attached hydrogen (secondary N) is 1. The molecule has 0 bridgehead atoms. The summed E-state index contributed by atoms with van der Waals surface area (Å²) in [6.45, 7) is 5.99. The molecular weight excluding hydrogens is 270 g/mol. The van der Waals surface area contributed by atoms with E-state index in [1.54, 1.807) is 11.3 Å². The number of carbonyl (C=O) groups is 1. The standard InChI is InChI=1S/C16H19NO2S/c1-11-6-7-12(2)14(9-11)19-10-16(18)17-13(3)15-5-4-8-20-15/h4-9,13H,10H2,1-3H3,(H,17,18)/t13-/m0/s1. The van der Waals surface area contributed by atoms with Crippen molar-refractivity contribution in [2.24, 2.45) is 0 Å². The van der Waals surface area contributed by atoms with Gasteiger partial charge in [-0.3, -0.25) is 4.79 Å². The summed E-state index contributed by atoms with van der Waals surface area (Å²) < 4.78 is 5.59. The fraction of sp³-hybridized carbons (Fsp3) is 0.312. The highest BCUT2D eigenvalue weighted by Gasteiger charge is 2.11. The molecule has 0 radical (unpaired) electrons. The van der Waals surface area contributed by atoms with Gasteiger partial charge in [-0.2, -0.15) is 0 Å². The Morgan fingerprint density at radius 2 is 2.15 bits per heavy atom. The first kappa shape index (κ1) is 14.6. The molecule has 1 aromatic heterocycles. The van der Waals surface area contributed by atoms with Gasteiger partial charge in [0.25, 0.3) is 5.91 Å². The summed E-state index contributed by atoms with van der Waals surface area (Å²) in [5.74, 6) is 0.663. The lowest BCUT2D eigenvalue weighted by Crippen LogP contribution is -2.31. The SMILES string of the molecule is Cc1ccc(C)c(OCC(=O)N[C@@H](C)c2cccs2)c1. The molecule has 0 fully saturated rings. The normalized spacial score (nSPS) is 11.9. The number of carbonyl (C=O) groups excluding carboxylic acids is 1. The zero-order chi connectivity index (χ0) is 14.5. The minimum atomic E-state index is -0.105. The van der Waals surface area contributed by atoms with Crippen LogP contribution in [0.3, 0.4) is 0 Å². The first-order valence-electron chi connectivity index (χ1n) is 6.59. The zero-order valence-electron chi connectivity index (χ0n) is 12.0. The molecule has 20 heavy (non-hydrogen) atoms. The summed E-state index contributed by atoms with van der Waals surface area (Å²) in [5.41, 5.74) is 2.16. The molecule has 3 nitrogen and oxygen atoms in total. The minimum absolute atomic E-state index is 0.0182. The van der Waals surface area contributed by atoms with E-state index < -0.39 is 0 Å². The third-order valence-electron chi connectivity index (χ3n) is 3.05. The van der Waals surface area contributed by atoms with Crippen molar-refractivity contribution in [2.75, 3.05) is 6.61 Å². The first-order valence-corrected chi connectivity index (χ1v) is 7.47. The Bertz CT molecular complexity index is 578. The monoisotopic (exact) mass is 289 g/mol. The second-order valence-corrected chi connectivity index (χ2v) is 5.84. The fourth-order valence-corrected chi connectivity index (χ4v) is 2.63. The van der Waals surface area contributed by atoms with Gasteiger partial charge in [0.15, 0.2) is 6.61 Å². The van der Waals surface area contributed by atoms with Crippen LogP contribution in [0, 0.1) is 13.8 Å². The number of aryl methyl sites for hydroxylation is 2. The van der Waals surface area contributed by atoms with Crippen LogP contribution in [0.5, 0.6) is 5.75 Å². The predicted molar refractivity (Wildman–Crippen MR) is 82.3 cm³/mol. The molecule has 0 saturated carbocycles. The number of ether oxygens (including phenoxy) is 1. The van der Waals surface area contributed by atoms with Crippen LogP contribution in [-0.4, -0.2) is 12.5 Å². The molecule has 1 heterocycles. The predicted octanol–water partition coefficient (Wildman–Crippen LogP) is 3.62. The lowest BCUT2D eigenvalue weighted by atomic mass is 10.1. The third-order valence-corrected chi connectivity index (χ3v) is 4.10. The maximum atomic E-state index is 11.9. The van der Waals surface area contributed by atoms with Crippen LogP contribution in [0.15, 0.2) is 35.7 Å². The van der Waals surface area contributed by atoms with Gasteiger partial charge < -0.3 is 10.1 Å². The summed E-state index contributed by atoms with van der Waals surface area (Å²) in [6.07, 6.45) is 0. The zero-order valence-corrected chi connectivity index (χ0v) is 12.8.